The fourth-order valence-corrected chi connectivity index (χ4v) is 2.53. The molecule has 1 aromatic carbocycles. The molecule has 2 nitrogen and oxygen atoms in total. The molecular formula is C14H20FNO. The molecule has 2 unspecified atom stereocenters. The number of likely N-dealkylation sites (tertiary alicyclic amines) is 1. The van der Waals surface area contributed by atoms with Crippen LogP contribution in [0.4, 0.5) is 4.39 Å². The molecule has 3 heteroatoms. The minimum absolute atomic E-state index is 0.153. The van der Waals surface area contributed by atoms with Crippen molar-refractivity contribution >= 4 is 0 Å². The van der Waals surface area contributed by atoms with Crippen LogP contribution in [0.1, 0.15) is 18.9 Å². The maximum atomic E-state index is 13.6. The Bertz CT molecular complexity index is 369. The standard InChI is InChI=1S/C14H20FNO/c1-2-16-8-7-14(17)12(10-16)9-11-5-3-4-6-13(11)15/h3-6,12,14,17H,2,7-10H2,1H3. The Morgan fingerprint density at radius 1 is 1.41 bits per heavy atom. The van der Waals surface area contributed by atoms with Gasteiger partial charge in [-0.2, -0.15) is 0 Å². The Morgan fingerprint density at radius 3 is 2.88 bits per heavy atom. The normalized spacial score (nSPS) is 26.1. The maximum absolute atomic E-state index is 13.6. The number of nitrogens with zero attached hydrogens (tertiary/aromatic N) is 1. The molecule has 1 aliphatic rings. The fraction of sp³-hybridized carbons (Fsp3) is 0.571. The topological polar surface area (TPSA) is 23.5 Å². The lowest BCUT2D eigenvalue weighted by atomic mass is 9.88. The minimum atomic E-state index is -0.294. The van der Waals surface area contributed by atoms with Gasteiger partial charge in [0.2, 0.25) is 0 Å². The van der Waals surface area contributed by atoms with E-state index < -0.39 is 0 Å². The van der Waals surface area contributed by atoms with Crippen LogP contribution in [0, 0.1) is 11.7 Å². The lowest BCUT2D eigenvalue weighted by Crippen LogP contribution is -2.43. The summed E-state index contributed by atoms with van der Waals surface area (Å²) in [6.45, 7) is 4.94. The van der Waals surface area contributed by atoms with Crippen molar-refractivity contribution < 1.29 is 9.50 Å². The number of rotatable bonds is 3. The molecule has 1 fully saturated rings. The molecule has 1 saturated heterocycles. The van der Waals surface area contributed by atoms with E-state index in [9.17, 15) is 9.50 Å². The highest BCUT2D eigenvalue weighted by Crippen LogP contribution is 2.22. The molecule has 0 amide bonds. The van der Waals surface area contributed by atoms with Crippen LogP contribution in [-0.2, 0) is 6.42 Å². The Labute approximate surface area is 102 Å². The largest absolute Gasteiger partial charge is 0.393 e. The fourth-order valence-electron chi connectivity index (χ4n) is 2.53. The third kappa shape index (κ3) is 3.05. The van der Waals surface area contributed by atoms with E-state index in [0.29, 0.717) is 6.42 Å². The van der Waals surface area contributed by atoms with E-state index in [1.54, 1.807) is 6.07 Å². The van der Waals surface area contributed by atoms with E-state index in [1.165, 1.54) is 6.07 Å². The zero-order valence-corrected chi connectivity index (χ0v) is 10.3. The van der Waals surface area contributed by atoms with Crippen molar-refractivity contribution in [1.82, 2.24) is 4.90 Å². The minimum Gasteiger partial charge on any atom is -0.393 e. The highest BCUT2D eigenvalue weighted by molar-refractivity contribution is 5.18. The zero-order valence-electron chi connectivity index (χ0n) is 10.3. The first-order valence-corrected chi connectivity index (χ1v) is 6.34. The average Bonchev–Trinajstić information content (AvgIpc) is 2.35. The van der Waals surface area contributed by atoms with Gasteiger partial charge < -0.3 is 10.0 Å². The summed E-state index contributed by atoms with van der Waals surface area (Å²) in [6.07, 6.45) is 1.13. The van der Waals surface area contributed by atoms with Gasteiger partial charge in [0.1, 0.15) is 5.82 Å². The molecule has 1 aliphatic heterocycles. The number of aliphatic hydroxyl groups excluding tert-OH is 1. The predicted molar refractivity (Wildman–Crippen MR) is 66.3 cm³/mol. The van der Waals surface area contributed by atoms with Gasteiger partial charge >= 0.3 is 0 Å². The maximum Gasteiger partial charge on any atom is 0.126 e. The SMILES string of the molecule is CCN1CCC(O)C(Cc2ccccc2F)C1. The van der Waals surface area contributed by atoms with E-state index in [-0.39, 0.29) is 17.8 Å². The third-order valence-corrected chi connectivity index (χ3v) is 3.67. The van der Waals surface area contributed by atoms with Crippen molar-refractivity contribution in [3.8, 4) is 0 Å². The summed E-state index contributed by atoms with van der Waals surface area (Å²) in [5.74, 6) is -0.00563. The van der Waals surface area contributed by atoms with Crippen LogP contribution >= 0.6 is 0 Å². The summed E-state index contributed by atoms with van der Waals surface area (Å²) < 4.78 is 13.6. The quantitative estimate of drug-likeness (QED) is 0.870. The van der Waals surface area contributed by atoms with E-state index in [1.807, 2.05) is 12.1 Å². The van der Waals surface area contributed by atoms with Crippen LogP contribution < -0.4 is 0 Å². The average molecular weight is 237 g/mol. The number of aliphatic hydroxyl groups is 1. The van der Waals surface area contributed by atoms with Gasteiger partial charge in [0.05, 0.1) is 6.10 Å². The van der Waals surface area contributed by atoms with Gasteiger partial charge in [-0.1, -0.05) is 25.1 Å². The van der Waals surface area contributed by atoms with Crippen LogP contribution in [0.5, 0.6) is 0 Å². The van der Waals surface area contributed by atoms with Gasteiger partial charge in [-0.25, -0.2) is 4.39 Å². The molecule has 0 aromatic heterocycles. The predicted octanol–water partition coefficient (Wildman–Crippen LogP) is 2.07. The first kappa shape index (κ1) is 12.5. The summed E-state index contributed by atoms with van der Waals surface area (Å²) in [5.41, 5.74) is 0.717. The van der Waals surface area contributed by atoms with E-state index in [4.69, 9.17) is 0 Å². The van der Waals surface area contributed by atoms with E-state index in [2.05, 4.69) is 11.8 Å². The van der Waals surface area contributed by atoms with Crippen molar-refractivity contribution in [1.29, 1.82) is 0 Å². The van der Waals surface area contributed by atoms with Gasteiger partial charge in [0.15, 0.2) is 0 Å². The molecule has 2 rings (SSSR count). The summed E-state index contributed by atoms with van der Waals surface area (Å²) >= 11 is 0. The molecule has 0 spiro atoms. The van der Waals surface area contributed by atoms with Crippen LogP contribution in [0.2, 0.25) is 0 Å². The number of benzene rings is 1. The lowest BCUT2D eigenvalue weighted by Gasteiger charge is -2.35. The molecular weight excluding hydrogens is 217 g/mol. The summed E-state index contributed by atoms with van der Waals surface area (Å²) in [6, 6.07) is 6.86. The number of piperidine rings is 1. The Hall–Kier alpha value is -0.930. The molecule has 1 aromatic rings. The third-order valence-electron chi connectivity index (χ3n) is 3.67. The number of hydrogen-bond donors (Lipinski definition) is 1. The van der Waals surface area contributed by atoms with Gasteiger partial charge in [-0.15, -0.1) is 0 Å². The lowest BCUT2D eigenvalue weighted by molar-refractivity contribution is 0.0287. The van der Waals surface area contributed by atoms with Crippen LogP contribution in [-0.4, -0.2) is 35.7 Å². The van der Waals surface area contributed by atoms with Crippen LogP contribution in [0.25, 0.3) is 0 Å². The van der Waals surface area contributed by atoms with Crippen molar-refractivity contribution in [2.75, 3.05) is 19.6 Å². The van der Waals surface area contributed by atoms with Gasteiger partial charge in [-0.3, -0.25) is 0 Å². The Kier molecular flexibility index (Phi) is 4.13. The molecule has 1 N–H and O–H groups in total. The first-order valence-electron chi connectivity index (χ1n) is 6.34. The van der Waals surface area contributed by atoms with E-state index in [0.717, 1.165) is 31.6 Å². The monoisotopic (exact) mass is 237 g/mol. The summed E-state index contributed by atoms with van der Waals surface area (Å²) in [5, 5.41) is 9.99. The van der Waals surface area contributed by atoms with Gasteiger partial charge in [0, 0.05) is 19.0 Å². The molecule has 1 heterocycles. The van der Waals surface area contributed by atoms with Gasteiger partial charge in [-0.05, 0) is 31.0 Å². The van der Waals surface area contributed by atoms with Crippen LogP contribution in [0.15, 0.2) is 24.3 Å². The first-order chi connectivity index (χ1) is 8.20. The second-order valence-corrected chi connectivity index (χ2v) is 4.80. The molecule has 2 atom stereocenters. The Morgan fingerprint density at radius 2 is 2.18 bits per heavy atom. The molecule has 17 heavy (non-hydrogen) atoms. The molecule has 0 saturated carbocycles. The van der Waals surface area contributed by atoms with Crippen LogP contribution in [0.3, 0.4) is 0 Å². The Balaban J connectivity index is 2.04. The molecule has 0 radical (unpaired) electrons. The second kappa shape index (κ2) is 5.61. The van der Waals surface area contributed by atoms with Crippen molar-refractivity contribution in [3.05, 3.63) is 35.6 Å². The zero-order chi connectivity index (χ0) is 12.3. The van der Waals surface area contributed by atoms with E-state index >= 15 is 0 Å². The molecule has 0 aliphatic carbocycles. The van der Waals surface area contributed by atoms with Crippen molar-refractivity contribution in [2.24, 2.45) is 5.92 Å². The second-order valence-electron chi connectivity index (χ2n) is 4.80. The molecule has 94 valence electrons. The smallest absolute Gasteiger partial charge is 0.126 e. The highest BCUT2D eigenvalue weighted by atomic mass is 19.1. The summed E-state index contributed by atoms with van der Waals surface area (Å²) in [7, 11) is 0. The van der Waals surface area contributed by atoms with Gasteiger partial charge in [0.25, 0.3) is 0 Å². The van der Waals surface area contributed by atoms with Crippen molar-refractivity contribution in [3.63, 3.8) is 0 Å². The number of halogens is 1. The highest BCUT2D eigenvalue weighted by Gasteiger charge is 2.27. The summed E-state index contributed by atoms with van der Waals surface area (Å²) in [4.78, 5) is 2.32. The van der Waals surface area contributed by atoms with Crippen molar-refractivity contribution in [2.45, 2.75) is 25.9 Å². The number of hydrogen-bond acceptors (Lipinski definition) is 2. The molecule has 0 bridgehead atoms.